The van der Waals surface area contributed by atoms with Crippen molar-refractivity contribution in [3.05, 3.63) is 37.8 Å². The van der Waals surface area contributed by atoms with Gasteiger partial charge in [0.1, 0.15) is 5.82 Å². The lowest BCUT2D eigenvalue weighted by atomic mass is 10.2. The topological polar surface area (TPSA) is 12.9 Å². The second kappa shape index (κ2) is 3.79. The first-order valence-corrected chi connectivity index (χ1v) is 5.52. The van der Waals surface area contributed by atoms with Gasteiger partial charge in [-0.1, -0.05) is 23.2 Å². The zero-order valence-corrected chi connectivity index (χ0v) is 10.4. The highest BCUT2D eigenvalue weighted by Crippen LogP contribution is 2.31. The average Bonchev–Trinajstić information content (AvgIpc) is 2.12. The zero-order valence-electron chi connectivity index (χ0n) is 6.69. The van der Waals surface area contributed by atoms with Crippen molar-refractivity contribution in [1.29, 1.82) is 0 Å². The van der Waals surface area contributed by atoms with E-state index in [1.54, 1.807) is 6.20 Å². The van der Waals surface area contributed by atoms with Gasteiger partial charge < -0.3 is 0 Å². The van der Waals surface area contributed by atoms with Crippen molar-refractivity contribution in [2.45, 2.75) is 0 Å². The second-order valence-corrected chi connectivity index (χ2v) is 4.65. The molecule has 0 atom stereocenters. The summed E-state index contributed by atoms with van der Waals surface area (Å²) in [5.74, 6) is -0.409. The Morgan fingerprint density at radius 2 is 2.00 bits per heavy atom. The lowest BCUT2D eigenvalue weighted by Crippen LogP contribution is -1.86. The highest BCUT2D eigenvalue weighted by atomic mass is 127. The Bertz CT molecular complexity index is 516. The van der Waals surface area contributed by atoms with Gasteiger partial charge in [0.15, 0.2) is 0 Å². The molecule has 0 aliphatic heterocycles. The number of rotatable bonds is 0. The quantitative estimate of drug-likeness (QED) is 0.651. The van der Waals surface area contributed by atoms with Crippen LogP contribution in [0.4, 0.5) is 4.39 Å². The fourth-order valence-corrected chi connectivity index (χ4v) is 2.05. The molecule has 1 aromatic carbocycles. The molecular formula is C9H3Cl2FIN. The summed E-state index contributed by atoms with van der Waals surface area (Å²) in [5.41, 5.74) is 0.526. The van der Waals surface area contributed by atoms with Crippen molar-refractivity contribution < 1.29 is 4.39 Å². The van der Waals surface area contributed by atoms with Gasteiger partial charge in [-0.25, -0.2) is 4.39 Å². The van der Waals surface area contributed by atoms with Crippen molar-refractivity contribution in [1.82, 2.24) is 4.98 Å². The summed E-state index contributed by atoms with van der Waals surface area (Å²) in [6, 6.07) is 2.55. The molecule has 14 heavy (non-hydrogen) atoms. The van der Waals surface area contributed by atoms with E-state index in [1.807, 2.05) is 22.6 Å². The molecule has 1 nitrogen and oxygen atoms in total. The molecule has 1 aromatic heterocycles. The van der Waals surface area contributed by atoms with Crippen LogP contribution in [0.15, 0.2) is 18.3 Å². The maximum atomic E-state index is 13.0. The first kappa shape index (κ1) is 10.4. The number of fused-ring (bicyclic) bond motifs is 1. The predicted octanol–water partition coefficient (Wildman–Crippen LogP) is 4.29. The summed E-state index contributed by atoms with van der Waals surface area (Å²) in [5, 5.41) is 1.30. The van der Waals surface area contributed by atoms with E-state index in [1.165, 1.54) is 12.1 Å². The summed E-state index contributed by atoms with van der Waals surface area (Å²) in [4.78, 5) is 4.09. The summed E-state index contributed by atoms with van der Waals surface area (Å²) >= 11 is 13.9. The standard InChI is InChI=1S/C9H3Cl2FIN/c10-6-2-4(12)1-5-8(11)7(13)3-14-9(5)6/h1-3H. The van der Waals surface area contributed by atoms with Gasteiger partial charge in [-0.05, 0) is 34.7 Å². The van der Waals surface area contributed by atoms with E-state index in [9.17, 15) is 4.39 Å². The Morgan fingerprint density at radius 3 is 2.71 bits per heavy atom. The minimum absolute atomic E-state index is 0.276. The lowest BCUT2D eigenvalue weighted by Gasteiger charge is -2.03. The lowest BCUT2D eigenvalue weighted by molar-refractivity contribution is 0.629. The van der Waals surface area contributed by atoms with E-state index >= 15 is 0 Å². The van der Waals surface area contributed by atoms with Crippen LogP contribution in [-0.4, -0.2) is 4.98 Å². The molecule has 2 aromatic rings. The molecule has 0 fully saturated rings. The maximum Gasteiger partial charge on any atom is 0.125 e. The molecule has 0 bridgehead atoms. The molecule has 0 aliphatic rings. The third kappa shape index (κ3) is 1.68. The highest BCUT2D eigenvalue weighted by Gasteiger charge is 2.09. The molecule has 0 N–H and O–H groups in total. The van der Waals surface area contributed by atoms with Gasteiger partial charge in [0, 0.05) is 11.6 Å². The van der Waals surface area contributed by atoms with Gasteiger partial charge in [0.05, 0.1) is 19.1 Å². The molecule has 0 saturated heterocycles. The average molecular weight is 342 g/mol. The number of hydrogen-bond donors (Lipinski definition) is 0. The monoisotopic (exact) mass is 341 g/mol. The van der Waals surface area contributed by atoms with Crippen LogP contribution in [0.2, 0.25) is 10.0 Å². The van der Waals surface area contributed by atoms with Crippen LogP contribution >= 0.6 is 45.8 Å². The van der Waals surface area contributed by atoms with E-state index < -0.39 is 5.82 Å². The summed E-state index contributed by atoms with van der Waals surface area (Å²) in [7, 11) is 0. The van der Waals surface area contributed by atoms with Crippen molar-refractivity contribution in [2.24, 2.45) is 0 Å². The highest BCUT2D eigenvalue weighted by molar-refractivity contribution is 14.1. The van der Waals surface area contributed by atoms with Crippen LogP contribution < -0.4 is 0 Å². The molecule has 0 radical (unpaired) electrons. The minimum Gasteiger partial charge on any atom is -0.253 e. The number of nitrogens with zero attached hydrogens (tertiary/aromatic N) is 1. The second-order valence-electron chi connectivity index (χ2n) is 2.70. The van der Waals surface area contributed by atoms with Gasteiger partial charge in [-0.15, -0.1) is 0 Å². The van der Waals surface area contributed by atoms with E-state index in [4.69, 9.17) is 23.2 Å². The van der Waals surface area contributed by atoms with Crippen LogP contribution in [0.1, 0.15) is 0 Å². The molecule has 0 aliphatic carbocycles. The number of halogens is 4. The Hall–Kier alpha value is -0.130. The molecule has 0 spiro atoms. The third-order valence-corrected chi connectivity index (χ3v) is 3.61. The molecule has 0 saturated carbocycles. The Balaban J connectivity index is 2.95. The fourth-order valence-electron chi connectivity index (χ4n) is 1.17. The Kier molecular flexibility index (Phi) is 2.81. The van der Waals surface area contributed by atoms with Crippen molar-refractivity contribution in [3.8, 4) is 0 Å². The van der Waals surface area contributed by atoms with Crippen molar-refractivity contribution in [2.75, 3.05) is 0 Å². The van der Waals surface area contributed by atoms with E-state index in [0.717, 1.165) is 3.57 Å². The van der Waals surface area contributed by atoms with Gasteiger partial charge in [-0.3, -0.25) is 4.98 Å². The van der Waals surface area contributed by atoms with Crippen LogP contribution in [0, 0.1) is 9.39 Å². The molecule has 0 unspecified atom stereocenters. The largest absolute Gasteiger partial charge is 0.253 e. The van der Waals surface area contributed by atoms with E-state index in [-0.39, 0.29) is 5.02 Å². The summed E-state index contributed by atoms with van der Waals surface area (Å²) < 4.78 is 13.8. The third-order valence-electron chi connectivity index (χ3n) is 1.78. The number of hydrogen-bond acceptors (Lipinski definition) is 1. The first-order chi connectivity index (χ1) is 6.59. The van der Waals surface area contributed by atoms with Gasteiger partial charge in [0.25, 0.3) is 0 Å². The molecule has 72 valence electrons. The predicted molar refractivity (Wildman–Crippen MR) is 64.4 cm³/mol. The molecular weight excluding hydrogens is 339 g/mol. The molecule has 0 amide bonds. The van der Waals surface area contributed by atoms with Crippen LogP contribution in [0.25, 0.3) is 10.9 Å². The molecule has 1 heterocycles. The maximum absolute atomic E-state index is 13.0. The normalized spacial score (nSPS) is 10.9. The van der Waals surface area contributed by atoms with Crippen LogP contribution in [0.5, 0.6) is 0 Å². The summed E-state index contributed by atoms with van der Waals surface area (Å²) in [6.07, 6.45) is 1.61. The molecule has 5 heteroatoms. The fraction of sp³-hybridized carbons (Fsp3) is 0. The minimum atomic E-state index is -0.409. The van der Waals surface area contributed by atoms with E-state index in [2.05, 4.69) is 4.98 Å². The Morgan fingerprint density at radius 1 is 1.29 bits per heavy atom. The van der Waals surface area contributed by atoms with Crippen LogP contribution in [0.3, 0.4) is 0 Å². The Labute approximate surface area is 103 Å². The van der Waals surface area contributed by atoms with Crippen molar-refractivity contribution >= 4 is 56.7 Å². The van der Waals surface area contributed by atoms with E-state index in [0.29, 0.717) is 15.9 Å². The van der Waals surface area contributed by atoms with Gasteiger partial charge in [0.2, 0.25) is 0 Å². The van der Waals surface area contributed by atoms with Gasteiger partial charge in [-0.2, -0.15) is 0 Å². The van der Waals surface area contributed by atoms with Crippen LogP contribution in [-0.2, 0) is 0 Å². The smallest absolute Gasteiger partial charge is 0.125 e. The number of aromatic nitrogens is 1. The van der Waals surface area contributed by atoms with Gasteiger partial charge >= 0.3 is 0 Å². The zero-order chi connectivity index (χ0) is 10.3. The van der Waals surface area contributed by atoms with Crippen molar-refractivity contribution in [3.63, 3.8) is 0 Å². The SMILES string of the molecule is Fc1cc(Cl)c2ncc(I)c(Cl)c2c1. The summed E-state index contributed by atoms with van der Waals surface area (Å²) in [6.45, 7) is 0. The number of pyridine rings is 1. The first-order valence-electron chi connectivity index (χ1n) is 3.68. The molecule has 2 rings (SSSR count). The number of benzene rings is 1.